The lowest BCUT2D eigenvalue weighted by Crippen LogP contribution is -2.37. The Bertz CT molecular complexity index is 408. The Morgan fingerprint density at radius 1 is 1.20 bits per heavy atom. The van der Waals surface area contributed by atoms with Gasteiger partial charge in [0.15, 0.2) is 5.78 Å². The zero-order chi connectivity index (χ0) is 15.1. The summed E-state index contributed by atoms with van der Waals surface area (Å²) < 4.78 is 0. The number of hydrogen-bond acceptors (Lipinski definition) is 3. The number of anilines is 1. The number of carbonyl (C=O) groups excluding carboxylic acids is 1. The van der Waals surface area contributed by atoms with E-state index in [9.17, 15) is 4.79 Å². The molecule has 0 spiro atoms. The Balaban J connectivity index is 2.98. The van der Waals surface area contributed by atoms with Crippen LogP contribution in [0.25, 0.3) is 0 Å². The van der Waals surface area contributed by atoms with Crippen molar-refractivity contribution in [3.05, 3.63) is 24.0 Å². The minimum atomic E-state index is 0.106. The zero-order valence-corrected chi connectivity index (χ0v) is 13.5. The summed E-state index contributed by atoms with van der Waals surface area (Å²) in [5.74, 6) is 0.710. The first-order valence-electron chi connectivity index (χ1n) is 7.79. The van der Waals surface area contributed by atoms with Crippen LogP contribution in [0.3, 0.4) is 0 Å². The van der Waals surface area contributed by atoms with Crippen molar-refractivity contribution in [1.82, 2.24) is 4.98 Å². The Morgan fingerprint density at radius 3 is 2.25 bits per heavy atom. The van der Waals surface area contributed by atoms with Gasteiger partial charge < -0.3 is 4.90 Å². The van der Waals surface area contributed by atoms with Crippen molar-refractivity contribution >= 4 is 11.5 Å². The van der Waals surface area contributed by atoms with E-state index < -0.39 is 0 Å². The summed E-state index contributed by atoms with van der Waals surface area (Å²) in [6.07, 6.45) is 4.61. The average molecular weight is 276 g/mol. The molecule has 0 radical (unpaired) electrons. The van der Waals surface area contributed by atoms with E-state index in [-0.39, 0.29) is 5.78 Å². The summed E-state index contributed by atoms with van der Waals surface area (Å²) in [4.78, 5) is 18.4. The van der Waals surface area contributed by atoms with E-state index in [2.05, 4.69) is 37.6 Å². The van der Waals surface area contributed by atoms with Crippen LogP contribution in [0.4, 0.5) is 5.69 Å². The molecule has 3 heteroatoms. The van der Waals surface area contributed by atoms with E-state index >= 15 is 0 Å². The highest BCUT2D eigenvalue weighted by molar-refractivity contribution is 5.94. The third kappa shape index (κ3) is 4.32. The smallest absolute Gasteiger partial charge is 0.180 e. The zero-order valence-electron chi connectivity index (χ0n) is 13.5. The second kappa shape index (κ2) is 8.03. The first-order valence-corrected chi connectivity index (χ1v) is 7.79. The van der Waals surface area contributed by atoms with Gasteiger partial charge in [0.2, 0.25) is 0 Å². The molecule has 0 saturated carbocycles. The largest absolute Gasteiger partial charge is 0.367 e. The summed E-state index contributed by atoms with van der Waals surface area (Å²) >= 11 is 0. The molecule has 0 aromatic carbocycles. The van der Waals surface area contributed by atoms with Gasteiger partial charge in [-0.2, -0.15) is 0 Å². The average Bonchev–Trinajstić information content (AvgIpc) is 2.46. The summed E-state index contributed by atoms with van der Waals surface area (Å²) in [7, 11) is 0. The van der Waals surface area contributed by atoms with Crippen LogP contribution in [-0.2, 0) is 0 Å². The third-order valence-corrected chi connectivity index (χ3v) is 3.63. The van der Waals surface area contributed by atoms with Gasteiger partial charge in [-0.25, -0.2) is 0 Å². The molecule has 20 heavy (non-hydrogen) atoms. The Hall–Kier alpha value is -1.38. The first-order chi connectivity index (χ1) is 9.53. The Morgan fingerprint density at radius 2 is 1.85 bits per heavy atom. The Labute approximate surface area is 123 Å². The monoisotopic (exact) mass is 276 g/mol. The van der Waals surface area contributed by atoms with Crippen molar-refractivity contribution < 1.29 is 4.79 Å². The maximum Gasteiger partial charge on any atom is 0.180 e. The lowest BCUT2D eigenvalue weighted by atomic mass is 10.1. The van der Waals surface area contributed by atoms with Crippen LogP contribution in [-0.4, -0.2) is 23.4 Å². The third-order valence-electron chi connectivity index (χ3n) is 3.63. The van der Waals surface area contributed by atoms with Crippen molar-refractivity contribution in [2.75, 3.05) is 11.4 Å². The molecule has 0 aliphatic heterocycles. The normalized spacial score (nSPS) is 11.2. The van der Waals surface area contributed by atoms with E-state index in [1.807, 2.05) is 25.3 Å². The highest BCUT2D eigenvalue weighted by Crippen LogP contribution is 2.21. The topological polar surface area (TPSA) is 33.2 Å². The van der Waals surface area contributed by atoms with Gasteiger partial charge in [-0.05, 0) is 30.9 Å². The highest BCUT2D eigenvalue weighted by atomic mass is 16.1. The van der Waals surface area contributed by atoms with Crippen LogP contribution >= 0.6 is 0 Å². The van der Waals surface area contributed by atoms with Crippen molar-refractivity contribution in [3.8, 4) is 0 Å². The predicted octanol–water partition coefficient (Wildman–Crippen LogP) is 4.33. The maximum absolute atomic E-state index is 11.6. The second-order valence-electron chi connectivity index (χ2n) is 5.69. The molecule has 1 aromatic rings. The van der Waals surface area contributed by atoms with E-state index in [1.54, 1.807) is 0 Å². The minimum absolute atomic E-state index is 0.106. The van der Waals surface area contributed by atoms with Gasteiger partial charge in [-0.15, -0.1) is 0 Å². The van der Waals surface area contributed by atoms with E-state index in [1.165, 1.54) is 0 Å². The predicted molar refractivity (Wildman–Crippen MR) is 85.4 cm³/mol. The van der Waals surface area contributed by atoms with Gasteiger partial charge in [0.05, 0.1) is 11.9 Å². The number of nitrogens with zero attached hydrogens (tertiary/aromatic N) is 2. The molecule has 112 valence electrons. The van der Waals surface area contributed by atoms with Crippen LogP contribution in [0.15, 0.2) is 18.3 Å². The van der Waals surface area contributed by atoms with Gasteiger partial charge in [0, 0.05) is 19.0 Å². The molecule has 0 bridgehead atoms. The molecular formula is C17H28N2O. The highest BCUT2D eigenvalue weighted by Gasteiger charge is 2.17. The summed E-state index contributed by atoms with van der Waals surface area (Å²) in [5.41, 5.74) is 1.70. The number of rotatable bonds is 8. The fourth-order valence-electron chi connectivity index (χ4n) is 2.49. The molecule has 0 unspecified atom stereocenters. The fourth-order valence-corrected chi connectivity index (χ4v) is 2.49. The van der Waals surface area contributed by atoms with Crippen molar-refractivity contribution in [3.63, 3.8) is 0 Å². The molecule has 0 saturated heterocycles. The molecular weight excluding hydrogens is 248 g/mol. The minimum Gasteiger partial charge on any atom is -0.367 e. The van der Waals surface area contributed by atoms with Crippen molar-refractivity contribution in [1.29, 1.82) is 0 Å². The van der Waals surface area contributed by atoms with Gasteiger partial charge in [0.25, 0.3) is 0 Å². The molecule has 0 amide bonds. The number of aromatic nitrogens is 1. The molecule has 0 fully saturated rings. The molecule has 1 aromatic heterocycles. The van der Waals surface area contributed by atoms with Gasteiger partial charge in [-0.1, -0.05) is 34.6 Å². The molecule has 0 aliphatic carbocycles. The molecule has 3 nitrogen and oxygen atoms in total. The van der Waals surface area contributed by atoms with E-state index in [0.717, 1.165) is 25.1 Å². The van der Waals surface area contributed by atoms with Crippen molar-refractivity contribution in [2.24, 2.45) is 5.92 Å². The Kier molecular flexibility index (Phi) is 6.69. The summed E-state index contributed by atoms with van der Waals surface area (Å²) in [6.45, 7) is 11.8. The standard InChI is InChI=1S/C17H28N2O/c1-6-14(7-2)19(12-13(4)5)15-9-10-16(18-11-15)17(20)8-3/h9-11,13-14H,6-8,12H2,1-5H3. The molecule has 0 N–H and O–H groups in total. The van der Waals surface area contributed by atoms with Crippen LogP contribution in [0.5, 0.6) is 0 Å². The molecule has 0 aliphatic rings. The second-order valence-corrected chi connectivity index (χ2v) is 5.69. The lowest BCUT2D eigenvalue weighted by molar-refractivity contribution is 0.0983. The van der Waals surface area contributed by atoms with Crippen LogP contribution in [0.1, 0.15) is 64.4 Å². The van der Waals surface area contributed by atoms with Crippen molar-refractivity contribution in [2.45, 2.75) is 59.9 Å². The van der Waals surface area contributed by atoms with Gasteiger partial charge in [0.1, 0.15) is 5.69 Å². The quantitative estimate of drug-likeness (QED) is 0.663. The number of ketones is 1. The SMILES string of the molecule is CCC(=O)c1ccc(N(CC(C)C)C(CC)CC)cn1. The van der Waals surface area contributed by atoms with Crippen LogP contribution < -0.4 is 4.90 Å². The number of carbonyl (C=O) groups is 1. The maximum atomic E-state index is 11.6. The fraction of sp³-hybridized carbons (Fsp3) is 0.647. The summed E-state index contributed by atoms with van der Waals surface area (Å²) in [6, 6.07) is 4.43. The number of hydrogen-bond donors (Lipinski definition) is 0. The van der Waals surface area contributed by atoms with E-state index in [4.69, 9.17) is 0 Å². The van der Waals surface area contributed by atoms with E-state index in [0.29, 0.717) is 24.1 Å². The molecule has 1 heterocycles. The summed E-state index contributed by atoms with van der Waals surface area (Å²) in [5, 5.41) is 0. The van der Waals surface area contributed by atoms with Crippen LogP contribution in [0, 0.1) is 5.92 Å². The van der Waals surface area contributed by atoms with Gasteiger partial charge in [-0.3, -0.25) is 9.78 Å². The number of Topliss-reactive ketones (excluding diaryl/α,β-unsaturated/α-hetero) is 1. The van der Waals surface area contributed by atoms with Gasteiger partial charge >= 0.3 is 0 Å². The first kappa shape index (κ1) is 16.7. The molecule has 0 atom stereocenters. The molecule has 1 rings (SSSR count). The van der Waals surface area contributed by atoms with Crippen LogP contribution in [0.2, 0.25) is 0 Å². The lowest BCUT2D eigenvalue weighted by Gasteiger charge is -2.34. The number of pyridine rings is 1.